The summed E-state index contributed by atoms with van der Waals surface area (Å²) in [4.78, 5) is 0. The first kappa shape index (κ1) is 12.8. The van der Waals surface area contributed by atoms with Gasteiger partial charge in [-0.3, -0.25) is 0 Å². The standard InChI is InChI=1S/C14H23N2S/c1-15-13-6-4-12(5-7-13)10-16(2,3)14-8-9-17-11-14/h4-7,14-15H,8-11H2,1-3H3/q+1. The molecule has 3 heteroatoms. The number of anilines is 1. The molecule has 0 aromatic heterocycles. The van der Waals surface area contributed by atoms with Crippen molar-refractivity contribution in [2.24, 2.45) is 0 Å². The molecule has 1 N–H and O–H groups in total. The smallest absolute Gasteiger partial charge is 0.104 e. The predicted octanol–water partition coefficient (Wildman–Crippen LogP) is 2.81. The van der Waals surface area contributed by atoms with Crippen molar-refractivity contribution in [1.29, 1.82) is 0 Å². The Morgan fingerprint density at radius 3 is 2.53 bits per heavy atom. The van der Waals surface area contributed by atoms with Crippen molar-refractivity contribution in [3.63, 3.8) is 0 Å². The third kappa shape index (κ3) is 3.17. The minimum Gasteiger partial charge on any atom is -0.388 e. The minimum absolute atomic E-state index is 0.823. The van der Waals surface area contributed by atoms with Gasteiger partial charge in [-0.2, -0.15) is 11.8 Å². The van der Waals surface area contributed by atoms with Crippen molar-refractivity contribution in [3.8, 4) is 0 Å². The van der Waals surface area contributed by atoms with Crippen LogP contribution in [-0.2, 0) is 6.54 Å². The Kier molecular flexibility index (Phi) is 4.00. The van der Waals surface area contributed by atoms with Crippen molar-refractivity contribution in [2.75, 3.05) is 38.0 Å². The quantitative estimate of drug-likeness (QED) is 0.826. The van der Waals surface area contributed by atoms with Gasteiger partial charge in [0.1, 0.15) is 6.54 Å². The fourth-order valence-corrected chi connectivity index (χ4v) is 3.90. The molecular formula is C14H23N2S+. The van der Waals surface area contributed by atoms with E-state index in [1.807, 2.05) is 7.05 Å². The van der Waals surface area contributed by atoms with Gasteiger partial charge in [-0.05, 0) is 17.9 Å². The Bertz CT molecular complexity index is 353. The van der Waals surface area contributed by atoms with Crippen molar-refractivity contribution in [3.05, 3.63) is 29.8 Å². The summed E-state index contributed by atoms with van der Waals surface area (Å²) in [6, 6.07) is 9.64. The van der Waals surface area contributed by atoms with Gasteiger partial charge in [0.2, 0.25) is 0 Å². The summed E-state index contributed by atoms with van der Waals surface area (Å²) in [7, 11) is 6.69. The summed E-state index contributed by atoms with van der Waals surface area (Å²) >= 11 is 2.10. The lowest BCUT2D eigenvalue weighted by Gasteiger charge is -2.35. The molecule has 0 radical (unpaired) electrons. The molecule has 17 heavy (non-hydrogen) atoms. The van der Waals surface area contributed by atoms with Gasteiger partial charge in [0.25, 0.3) is 0 Å². The first-order valence-electron chi connectivity index (χ1n) is 6.29. The van der Waals surface area contributed by atoms with Gasteiger partial charge in [-0.15, -0.1) is 0 Å². The molecule has 1 heterocycles. The van der Waals surface area contributed by atoms with E-state index in [2.05, 4.69) is 55.4 Å². The second kappa shape index (κ2) is 5.32. The Morgan fingerprint density at radius 2 is 2.00 bits per heavy atom. The lowest BCUT2D eigenvalue weighted by atomic mass is 10.1. The Morgan fingerprint density at radius 1 is 1.29 bits per heavy atom. The van der Waals surface area contributed by atoms with Gasteiger partial charge in [-0.25, -0.2) is 0 Å². The summed E-state index contributed by atoms with van der Waals surface area (Å²) in [5, 5.41) is 3.16. The second-order valence-electron chi connectivity index (χ2n) is 5.40. The first-order valence-corrected chi connectivity index (χ1v) is 7.44. The highest BCUT2D eigenvalue weighted by molar-refractivity contribution is 7.99. The minimum atomic E-state index is 0.823. The van der Waals surface area contributed by atoms with Gasteiger partial charge < -0.3 is 9.80 Å². The molecule has 1 saturated heterocycles. The van der Waals surface area contributed by atoms with Gasteiger partial charge >= 0.3 is 0 Å². The van der Waals surface area contributed by atoms with E-state index in [0.717, 1.165) is 17.1 Å². The Hall–Kier alpha value is -0.670. The lowest BCUT2D eigenvalue weighted by molar-refractivity contribution is -0.924. The Labute approximate surface area is 109 Å². The zero-order valence-corrected chi connectivity index (χ0v) is 11.9. The summed E-state index contributed by atoms with van der Waals surface area (Å²) < 4.78 is 1.12. The number of thioether (sulfide) groups is 1. The molecule has 1 unspecified atom stereocenters. The van der Waals surface area contributed by atoms with Crippen molar-refractivity contribution in [2.45, 2.75) is 19.0 Å². The molecule has 2 nitrogen and oxygen atoms in total. The maximum atomic E-state index is 3.16. The highest BCUT2D eigenvalue weighted by Gasteiger charge is 2.31. The third-order valence-corrected chi connectivity index (χ3v) is 4.87. The molecule has 94 valence electrons. The zero-order chi connectivity index (χ0) is 12.3. The lowest BCUT2D eigenvalue weighted by Crippen LogP contribution is -2.48. The van der Waals surface area contributed by atoms with Crippen LogP contribution in [0.4, 0.5) is 5.69 Å². The molecule has 2 rings (SSSR count). The van der Waals surface area contributed by atoms with Gasteiger partial charge in [0, 0.05) is 30.5 Å². The topological polar surface area (TPSA) is 12.0 Å². The number of hydrogen-bond acceptors (Lipinski definition) is 2. The van der Waals surface area contributed by atoms with Crippen LogP contribution >= 0.6 is 11.8 Å². The molecule has 0 spiro atoms. The zero-order valence-electron chi connectivity index (χ0n) is 11.1. The molecule has 0 saturated carbocycles. The van der Waals surface area contributed by atoms with Gasteiger partial charge in [-0.1, -0.05) is 12.1 Å². The normalized spacial score (nSPS) is 20.5. The monoisotopic (exact) mass is 251 g/mol. The van der Waals surface area contributed by atoms with Crippen LogP contribution in [0, 0.1) is 0 Å². The summed E-state index contributed by atoms with van der Waals surface area (Å²) in [6.07, 6.45) is 1.37. The van der Waals surface area contributed by atoms with Crippen molar-refractivity contribution in [1.82, 2.24) is 0 Å². The predicted molar refractivity (Wildman–Crippen MR) is 77.5 cm³/mol. The Balaban J connectivity index is 2.02. The highest BCUT2D eigenvalue weighted by Crippen LogP contribution is 2.27. The molecule has 1 aromatic rings. The van der Waals surface area contributed by atoms with Crippen LogP contribution in [0.5, 0.6) is 0 Å². The van der Waals surface area contributed by atoms with E-state index in [-0.39, 0.29) is 0 Å². The van der Waals surface area contributed by atoms with Crippen LogP contribution in [0.25, 0.3) is 0 Å². The van der Waals surface area contributed by atoms with E-state index in [1.165, 1.54) is 29.2 Å². The van der Waals surface area contributed by atoms with E-state index in [0.29, 0.717) is 0 Å². The third-order valence-electron chi connectivity index (χ3n) is 3.73. The maximum absolute atomic E-state index is 3.16. The van der Waals surface area contributed by atoms with Crippen LogP contribution in [0.3, 0.4) is 0 Å². The average Bonchev–Trinajstić information content (AvgIpc) is 2.84. The molecule has 0 aliphatic carbocycles. The fraction of sp³-hybridized carbons (Fsp3) is 0.571. The average molecular weight is 251 g/mol. The van der Waals surface area contributed by atoms with Gasteiger partial charge in [0.15, 0.2) is 0 Å². The van der Waals surface area contributed by atoms with Crippen molar-refractivity contribution >= 4 is 17.4 Å². The highest BCUT2D eigenvalue weighted by atomic mass is 32.2. The van der Waals surface area contributed by atoms with Crippen LogP contribution in [0.15, 0.2) is 24.3 Å². The summed E-state index contributed by atoms with van der Waals surface area (Å²) in [5.74, 6) is 2.66. The first-order chi connectivity index (χ1) is 8.12. The molecule has 1 atom stereocenters. The molecule has 1 aromatic carbocycles. The van der Waals surface area contributed by atoms with E-state index in [9.17, 15) is 0 Å². The van der Waals surface area contributed by atoms with Gasteiger partial charge in [0.05, 0.1) is 20.1 Å². The maximum Gasteiger partial charge on any atom is 0.104 e. The fourth-order valence-electron chi connectivity index (χ4n) is 2.45. The summed E-state index contributed by atoms with van der Waals surface area (Å²) in [5.41, 5.74) is 2.63. The number of hydrogen-bond donors (Lipinski definition) is 1. The second-order valence-corrected chi connectivity index (χ2v) is 6.55. The molecule has 1 aliphatic heterocycles. The molecular weight excluding hydrogens is 228 g/mol. The molecule has 1 fully saturated rings. The molecule has 0 amide bonds. The van der Waals surface area contributed by atoms with Crippen LogP contribution in [0.1, 0.15) is 12.0 Å². The van der Waals surface area contributed by atoms with Crippen LogP contribution < -0.4 is 5.32 Å². The number of benzene rings is 1. The number of nitrogens with zero attached hydrogens (tertiary/aromatic N) is 1. The van der Waals surface area contributed by atoms with E-state index in [4.69, 9.17) is 0 Å². The van der Waals surface area contributed by atoms with Crippen LogP contribution in [-0.4, -0.2) is 43.2 Å². The van der Waals surface area contributed by atoms with E-state index >= 15 is 0 Å². The largest absolute Gasteiger partial charge is 0.388 e. The SMILES string of the molecule is CNc1ccc(C[N+](C)(C)C2CCSC2)cc1. The summed E-state index contributed by atoms with van der Waals surface area (Å²) in [6.45, 7) is 1.13. The molecule has 0 bridgehead atoms. The number of quaternary nitrogens is 1. The number of nitrogens with one attached hydrogen (secondary N) is 1. The molecule has 1 aliphatic rings. The van der Waals surface area contributed by atoms with E-state index in [1.54, 1.807) is 0 Å². The van der Waals surface area contributed by atoms with E-state index < -0.39 is 0 Å². The number of rotatable bonds is 4. The van der Waals surface area contributed by atoms with Crippen molar-refractivity contribution < 1.29 is 4.48 Å². The van der Waals surface area contributed by atoms with Crippen LogP contribution in [0.2, 0.25) is 0 Å².